The number of alkyl halides is 4. The molecule has 0 aromatic carbocycles. The maximum absolute atomic E-state index is 12.5. The van der Waals surface area contributed by atoms with Crippen LogP contribution in [0.3, 0.4) is 0 Å². The van der Waals surface area contributed by atoms with Crippen LogP contribution in [-0.4, -0.2) is 12.1 Å². The highest BCUT2D eigenvalue weighted by molar-refractivity contribution is 9.08. The van der Waals surface area contributed by atoms with E-state index in [1.807, 2.05) is 0 Å². The SMILES string of the molecule is COc1ccnc(CBr)c1C(F)(F)F. The molecule has 0 spiro atoms. The topological polar surface area (TPSA) is 22.1 Å². The van der Waals surface area contributed by atoms with Crippen LogP contribution in [0.5, 0.6) is 5.75 Å². The van der Waals surface area contributed by atoms with E-state index in [0.717, 1.165) is 0 Å². The largest absolute Gasteiger partial charge is 0.496 e. The first-order valence-corrected chi connectivity index (χ1v) is 4.78. The highest BCUT2D eigenvalue weighted by Crippen LogP contribution is 2.38. The Morgan fingerprint density at radius 3 is 2.57 bits per heavy atom. The summed E-state index contributed by atoms with van der Waals surface area (Å²) in [5, 5.41) is 0.0407. The van der Waals surface area contributed by atoms with Gasteiger partial charge in [0.15, 0.2) is 0 Å². The number of rotatable bonds is 2. The van der Waals surface area contributed by atoms with E-state index in [0.29, 0.717) is 0 Å². The number of pyridine rings is 1. The van der Waals surface area contributed by atoms with E-state index < -0.39 is 11.7 Å². The zero-order valence-corrected chi connectivity index (χ0v) is 8.82. The van der Waals surface area contributed by atoms with Crippen molar-refractivity contribution in [2.75, 3.05) is 7.11 Å². The first kappa shape index (κ1) is 11.3. The molecule has 1 aromatic heterocycles. The van der Waals surface area contributed by atoms with Crippen molar-refractivity contribution in [3.05, 3.63) is 23.5 Å². The summed E-state index contributed by atoms with van der Waals surface area (Å²) < 4.78 is 42.3. The number of hydrogen-bond acceptors (Lipinski definition) is 2. The molecule has 0 saturated heterocycles. The van der Waals surface area contributed by atoms with Crippen molar-refractivity contribution >= 4 is 15.9 Å². The monoisotopic (exact) mass is 269 g/mol. The predicted molar refractivity (Wildman–Crippen MR) is 48.4 cm³/mol. The van der Waals surface area contributed by atoms with E-state index in [1.165, 1.54) is 19.4 Å². The van der Waals surface area contributed by atoms with Crippen LogP contribution in [0, 0.1) is 0 Å². The van der Waals surface area contributed by atoms with Crippen molar-refractivity contribution < 1.29 is 17.9 Å². The molecule has 0 radical (unpaired) electrons. The average molecular weight is 270 g/mol. The van der Waals surface area contributed by atoms with Crippen molar-refractivity contribution in [3.63, 3.8) is 0 Å². The number of ether oxygens (including phenoxy) is 1. The number of methoxy groups -OCH3 is 1. The van der Waals surface area contributed by atoms with Crippen LogP contribution in [-0.2, 0) is 11.5 Å². The minimum Gasteiger partial charge on any atom is -0.496 e. The van der Waals surface area contributed by atoms with Crippen LogP contribution in [0.2, 0.25) is 0 Å². The molecule has 6 heteroatoms. The fraction of sp³-hybridized carbons (Fsp3) is 0.375. The van der Waals surface area contributed by atoms with Gasteiger partial charge in [-0.05, 0) is 6.07 Å². The van der Waals surface area contributed by atoms with Gasteiger partial charge in [0.25, 0.3) is 0 Å². The lowest BCUT2D eigenvalue weighted by Gasteiger charge is -2.13. The number of nitrogens with zero attached hydrogens (tertiary/aromatic N) is 1. The minimum atomic E-state index is -4.44. The molecule has 78 valence electrons. The Bertz CT molecular complexity index is 305. The van der Waals surface area contributed by atoms with E-state index in [1.54, 1.807) is 0 Å². The molecule has 0 amide bonds. The lowest BCUT2D eigenvalue weighted by Crippen LogP contribution is -2.11. The molecule has 14 heavy (non-hydrogen) atoms. The van der Waals surface area contributed by atoms with E-state index >= 15 is 0 Å². The minimum absolute atomic E-state index is 0.0407. The van der Waals surface area contributed by atoms with E-state index in [2.05, 4.69) is 25.7 Å². The van der Waals surface area contributed by atoms with E-state index in [9.17, 15) is 13.2 Å². The Morgan fingerprint density at radius 1 is 1.50 bits per heavy atom. The van der Waals surface area contributed by atoms with Gasteiger partial charge in [0, 0.05) is 11.5 Å². The first-order chi connectivity index (χ1) is 6.50. The second-order valence-corrected chi connectivity index (χ2v) is 3.03. The van der Waals surface area contributed by atoms with Gasteiger partial charge in [-0.15, -0.1) is 0 Å². The molecular weight excluding hydrogens is 263 g/mol. The zero-order valence-electron chi connectivity index (χ0n) is 7.23. The Balaban J connectivity index is 3.34. The van der Waals surface area contributed by atoms with Gasteiger partial charge >= 0.3 is 6.18 Å². The van der Waals surface area contributed by atoms with Crippen LogP contribution in [0.4, 0.5) is 13.2 Å². The Morgan fingerprint density at radius 2 is 2.14 bits per heavy atom. The highest BCUT2D eigenvalue weighted by atomic mass is 79.9. The molecule has 0 saturated carbocycles. The van der Waals surface area contributed by atoms with Crippen molar-refractivity contribution in [2.45, 2.75) is 11.5 Å². The molecule has 1 heterocycles. The molecule has 0 unspecified atom stereocenters. The first-order valence-electron chi connectivity index (χ1n) is 3.65. The molecular formula is C8H7BrF3NO. The third-order valence-electron chi connectivity index (χ3n) is 1.62. The summed E-state index contributed by atoms with van der Waals surface area (Å²) in [6.45, 7) is 0. The summed E-state index contributed by atoms with van der Waals surface area (Å²) >= 11 is 2.95. The van der Waals surface area contributed by atoms with Crippen LogP contribution in [0.1, 0.15) is 11.3 Å². The van der Waals surface area contributed by atoms with Crippen LogP contribution >= 0.6 is 15.9 Å². The smallest absolute Gasteiger partial charge is 0.421 e. The lowest BCUT2D eigenvalue weighted by atomic mass is 10.2. The molecule has 2 nitrogen and oxygen atoms in total. The summed E-state index contributed by atoms with van der Waals surface area (Å²) in [5.41, 5.74) is -0.892. The maximum atomic E-state index is 12.5. The molecule has 0 aliphatic heterocycles. The average Bonchev–Trinajstić information content (AvgIpc) is 2.15. The number of halogens is 4. The third-order valence-corrected chi connectivity index (χ3v) is 2.15. The number of hydrogen-bond donors (Lipinski definition) is 0. The molecule has 0 fully saturated rings. The summed E-state index contributed by atoms with van der Waals surface area (Å²) in [7, 11) is 1.20. The second-order valence-electron chi connectivity index (χ2n) is 2.47. The Kier molecular flexibility index (Phi) is 3.36. The normalized spacial score (nSPS) is 11.5. The van der Waals surface area contributed by atoms with Crippen LogP contribution in [0.25, 0.3) is 0 Å². The molecule has 0 aliphatic carbocycles. The maximum Gasteiger partial charge on any atom is 0.421 e. The second kappa shape index (κ2) is 4.16. The predicted octanol–water partition coefficient (Wildman–Crippen LogP) is 3.00. The van der Waals surface area contributed by atoms with Gasteiger partial charge in [0.2, 0.25) is 0 Å². The summed E-state index contributed by atoms with van der Waals surface area (Å²) in [4.78, 5) is 3.63. The van der Waals surface area contributed by atoms with E-state index in [4.69, 9.17) is 0 Å². The Labute approximate surface area is 87.2 Å². The van der Waals surface area contributed by atoms with Gasteiger partial charge in [0.1, 0.15) is 11.3 Å². The quantitative estimate of drug-likeness (QED) is 0.771. The van der Waals surface area contributed by atoms with Gasteiger partial charge in [-0.3, -0.25) is 4.98 Å². The fourth-order valence-electron chi connectivity index (χ4n) is 1.06. The molecule has 0 N–H and O–H groups in total. The molecule has 1 rings (SSSR count). The van der Waals surface area contributed by atoms with Crippen LogP contribution in [0.15, 0.2) is 12.3 Å². The zero-order chi connectivity index (χ0) is 10.8. The summed E-state index contributed by atoms with van der Waals surface area (Å²) in [6, 6.07) is 1.19. The fourth-order valence-corrected chi connectivity index (χ4v) is 1.48. The standard InChI is InChI=1S/C8H7BrF3NO/c1-14-6-2-3-13-5(4-9)7(6)8(10,11)12/h2-3H,4H2,1H3. The molecule has 0 atom stereocenters. The molecule has 1 aromatic rings. The van der Waals surface area contributed by atoms with Gasteiger partial charge < -0.3 is 4.74 Å². The third kappa shape index (κ3) is 2.17. The van der Waals surface area contributed by atoms with Crippen molar-refractivity contribution in [1.29, 1.82) is 0 Å². The van der Waals surface area contributed by atoms with Gasteiger partial charge in [-0.25, -0.2) is 0 Å². The van der Waals surface area contributed by atoms with Crippen molar-refractivity contribution in [2.24, 2.45) is 0 Å². The van der Waals surface area contributed by atoms with Crippen LogP contribution < -0.4 is 4.74 Å². The van der Waals surface area contributed by atoms with Gasteiger partial charge in [-0.1, -0.05) is 15.9 Å². The summed E-state index contributed by atoms with van der Waals surface area (Å²) in [5.74, 6) is -0.207. The summed E-state index contributed by atoms with van der Waals surface area (Å²) in [6.07, 6.45) is -3.16. The number of aromatic nitrogens is 1. The van der Waals surface area contributed by atoms with Gasteiger partial charge in [-0.2, -0.15) is 13.2 Å². The van der Waals surface area contributed by atoms with E-state index in [-0.39, 0.29) is 16.8 Å². The molecule has 0 bridgehead atoms. The van der Waals surface area contributed by atoms with Crippen molar-refractivity contribution in [1.82, 2.24) is 4.98 Å². The highest BCUT2D eigenvalue weighted by Gasteiger charge is 2.37. The van der Waals surface area contributed by atoms with Gasteiger partial charge in [0.05, 0.1) is 12.8 Å². The van der Waals surface area contributed by atoms with Crippen molar-refractivity contribution in [3.8, 4) is 5.75 Å². The lowest BCUT2D eigenvalue weighted by molar-refractivity contribution is -0.139. The Hall–Kier alpha value is -0.780. The molecule has 0 aliphatic rings.